The van der Waals surface area contributed by atoms with Crippen LogP contribution in [-0.4, -0.2) is 15.8 Å². The maximum absolute atomic E-state index is 13.9. The van der Waals surface area contributed by atoms with E-state index in [-0.39, 0.29) is 5.82 Å². The minimum Gasteiger partial charge on any atom is -0.310 e. The van der Waals surface area contributed by atoms with E-state index in [0.29, 0.717) is 23.2 Å². The predicted octanol–water partition coefficient (Wildman–Crippen LogP) is 3.59. The van der Waals surface area contributed by atoms with E-state index in [1.165, 1.54) is 24.5 Å². The summed E-state index contributed by atoms with van der Waals surface area (Å²) in [6, 6.07) is 5.44. The van der Waals surface area contributed by atoms with E-state index in [0.717, 1.165) is 17.9 Å². The molecule has 1 aromatic carbocycles. The van der Waals surface area contributed by atoms with Gasteiger partial charge < -0.3 is 5.32 Å². The summed E-state index contributed by atoms with van der Waals surface area (Å²) in [6.07, 6.45) is 2.53. The summed E-state index contributed by atoms with van der Waals surface area (Å²) < 4.78 is 15.8. The second-order valence-electron chi connectivity index (χ2n) is 5.70. The highest BCUT2D eigenvalue weighted by Crippen LogP contribution is 2.22. The lowest BCUT2D eigenvalue weighted by molar-refractivity contribution is 0.578. The number of rotatable bonds is 5. The Balaban J connectivity index is 1.79. The molecule has 0 spiro atoms. The first-order valence-electron chi connectivity index (χ1n) is 7.25. The number of benzene rings is 1. The van der Waals surface area contributed by atoms with E-state index in [2.05, 4.69) is 10.4 Å². The van der Waals surface area contributed by atoms with Gasteiger partial charge in [0.25, 0.3) is 0 Å². The van der Waals surface area contributed by atoms with Crippen molar-refractivity contribution >= 4 is 11.6 Å². The fraction of sp³-hybridized carbons (Fsp3) is 0.438. The minimum absolute atomic E-state index is 0.285. The molecule has 0 atom stereocenters. The zero-order valence-electron chi connectivity index (χ0n) is 12.3. The van der Waals surface area contributed by atoms with Crippen molar-refractivity contribution in [1.29, 1.82) is 0 Å². The Morgan fingerprint density at radius 1 is 1.38 bits per heavy atom. The van der Waals surface area contributed by atoms with Crippen LogP contribution in [0.1, 0.15) is 35.4 Å². The Labute approximate surface area is 129 Å². The van der Waals surface area contributed by atoms with Gasteiger partial charge in [-0.25, -0.2) is 4.39 Å². The molecule has 0 bridgehead atoms. The molecule has 0 unspecified atom stereocenters. The largest absolute Gasteiger partial charge is 0.310 e. The van der Waals surface area contributed by atoms with Crippen molar-refractivity contribution < 1.29 is 4.39 Å². The Morgan fingerprint density at radius 2 is 2.14 bits per heavy atom. The van der Waals surface area contributed by atoms with Crippen molar-refractivity contribution in [2.24, 2.45) is 0 Å². The SMILES string of the molecule is Cc1nn(Cc2ccc(Cl)cc2F)c(C)c1CNC1CC1. The Bertz CT molecular complexity index is 662. The standard InChI is InChI=1S/C16H19ClFN3/c1-10-15(8-19-14-5-6-14)11(2)21(20-10)9-12-3-4-13(17)7-16(12)18/h3-4,7,14,19H,5-6,8-9H2,1-2H3. The number of nitrogens with zero attached hydrogens (tertiary/aromatic N) is 2. The smallest absolute Gasteiger partial charge is 0.129 e. The second-order valence-corrected chi connectivity index (χ2v) is 6.13. The second kappa shape index (κ2) is 5.78. The molecule has 1 N–H and O–H groups in total. The van der Waals surface area contributed by atoms with Gasteiger partial charge in [-0.1, -0.05) is 17.7 Å². The topological polar surface area (TPSA) is 29.9 Å². The van der Waals surface area contributed by atoms with Crippen LogP contribution in [0.2, 0.25) is 5.02 Å². The summed E-state index contributed by atoms with van der Waals surface area (Å²) >= 11 is 5.79. The van der Waals surface area contributed by atoms with Crippen LogP contribution in [0.3, 0.4) is 0 Å². The molecule has 1 fully saturated rings. The lowest BCUT2D eigenvalue weighted by Crippen LogP contribution is -2.16. The maximum Gasteiger partial charge on any atom is 0.129 e. The molecule has 1 aromatic heterocycles. The molecule has 1 saturated carbocycles. The molecule has 21 heavy (non-hydrogen) atoms. The van der Waals surface area contributed by atoms with Gasteiger partial charge in [-0.2, -0.15) is 5.10 Å². The number of hydrogen-bond acceptors (Lipinski definition) is 2. The van der Waals surface area contributed by atoms with Crippen LogP contribution in [0.4, 0.5) is 4.39 Å². The molecular weight excluding hydrogens is 289 g/mol. The first-order valence-corrected chi connectivity index (χ1v) is 7.62. The van der Waals surface area contributed by atoms with Crippen molar-refractivity contribution in [1.82, 2.24) is 15.1 Å². The first-order chi connectivity index (χ1) is 10.0. The highest BCUT2D eigenvalue weighted by Gasteiger charge is 2.21. The summed E-state index contributed by atoms with van der Waals surface area (Å²) in [7, 11) is 0. The molecule has 0 saturated heterocycles. The molecule has 3 nitrogen and oxygen atoms in total. The monoisotopic (exact) mass is 307 g/mol. The van der Waals surface area contributed by atoms with E-state index >= 15 is 0 Å². The van der Waals surface area contributed by atoms with Gasteiger partial charge in [0.1, 0.15) is 5.82 Å². The number of aromatic nitrogens is 2. The minimum atomic E-state index is -0.285. The molecule has 112 valence electrons. The van der Waals surface area contributed by atoms with Crippen LogP contribution in [-0.2, 0) is 13.1 Å². The highest BCUT2D eigenvalue weighted by atomic mass is 35.5. The van der Waals surface area contributed by atoms with Gasteiger partial charge in [-0.3, -0.25) is 4.68 Å². The van der Waals surface area contributed by atoms with E-state index in [1.807, 2.05) is 18.5 Å². The third-order valence-electron chi connectivity index (χ3n) is 4.01. The van der Waals surface area contributed by atoms with E-state index in [1.54, 1.807) is 12.1 Å². The zero-order chi connectivity index (χ0) is 15.0. The molecule has 5 heteroatoms. The first kappa shape index (κ1) is 14.5. The van der Waals surface area contributed by atoms with Crippen LogP contribution in [0.15, 0.2) is 18.2 Å². The Hall–Kier alpha value is -1.39. The van der Waals surface area contributed by atoms with Crippen molar-refractivity contribution in [2.45, 2.75) is 45.8 Å². The van der Waals surface area contributed by atoms with Crippen LogP contribution in [0, 0.1) is 19.7 Å². The maximum atomic E-state index is 13.9. The summed E-state index contributed by atoms with van der Waals surface area (Å²) in [4.78, 5) is 0. The average Bonchev–Trinajstić information content (AvgIpc) is 3.20. The van der Waals surface area contributed by atoms with Gasteiger partial charge in [0.15, 0.2) is 0 Å². The fourth-order valence-electron chi connectivity index (χ4n) is 2.49. The van der Waals surface area contributed by atoms with Crippen LogP contribution in [0.5, 0.6) is 0 Å². The lowest BCUT2D eigenvalue weighted by Gasteiger charge is -2.08. The molecule has 0 radical (unpaired) electrons. The van der Waals surface area contributed by atoms with Crippen molar-refractivity contribution in [2.75, 3.05) is 0 Å². The third kappa shape index (κ3) is 3.27. The fourth-order valence-corrected chi connectivity index (χ4v) is 2.65. The lowest BCUT2D eigenvalue weighted by atomic mass is 10.2. The average molecular weight is 308 g/mol. The molecule has 2 aromatic rings. The Morgan fingerprint density at radius 3 is 2.81 bits per heavy atom. The van der Waals surface area contributed by atoms with Gasteiger partial charge in [0, 0.05) is 34.4 Å². The molecule has 1 aliphatic carbocycles. The number of hydrogen-bond donors (Lipinski definition) is 1. The van der Waals surface area contributed by atoms with E-state index in [9.17, 15) is 4.39 Å². The van der Waals surface area contributed by atoms with Gasteiger partial charge in [-0.15, -0.1) is 0 Å². The summed E-state index contributed by atoms with van der Waals surface area (Å²) in [5.41, 5.74) is 3.92. The number of aryl methyl sites for hydroxylation is 1. The molecule has 1 heterocycles. The normalized spacial score (nSPS) is 14.7. The highest BCUT2D eigenvalue weighted by molar-refractivity contribution is 6.30. The van der Waals surface area contributed by atoms with Gasteiger partial charge in [0.2, 0.25) is 0 Å². The summed E-state index contributed by atoms with van der Waals surface area (Å²) in [5, 5.41) is 8.47. The van der Waals surface area contributed by atoms with Crippen LogP contribution in [0.25, 0.3) is 0 Å². The molecule has 3 rings (SSSR count). The van der Waals surface area contributed by atoms with E-state index < -0.39 is 0 Å². The summed E-state index contributed by atoms with van der Waals surface area (Å²) in [5.74, 6) is -0.285. The molecule has 0 amide bonds. The summed E-state index contributed by atoms with van der Waals surface area (Å²) in [6.45, 7) is 5.31. The van der Waals surface area contributed by atoms with Gasteiger partial charge in [0.05, 0.1) is 12.2 Å². The quantitative estimate of drug-likeness (QED) is 0.915. The number of nitrogens with one attached hydrogen (secondary N) is 1. The van der Waals surface area contributed by atoms with Gasteiger partial charge in [-0.05, 0) is 38.8 Å². The van der Waals surface area contributed by atoms with E-state index in [4.69, 9.17) is 11.6 Å². The van der Waals surface area contributed by atoms with Crippen LogP contribution >= 0.6 is 11.6 Å². The van der Waals surface area contributed by atoms with Crippen molar-refractivity contribution in [3.8, 4) is 0 Å². The van der Waals surface area contributed by atoms with Crippen molar-refractivity contribution in [3.05, 3.63) is 51.6 Å². The third-order valence-corrected chi connectivity index (χ3v) is 4.25. The molecule has 1 aliphatic rings. The molecule has 0 aliphatic heterocycles. The van der Waals surface area contributed by atoms with Gasteiger partial charge >= 0.3 is 0 Å². The predicted molar refractivity (Wildman–Crippen MR) is 82.1 cm³/mol. The van der Waals surface area contributed by atoms with Crippen molar-refractivity contribution in [3.63, 3.8) is 0 Å². The molecular formula is C16H19ClFN3. The van der Waals surface area contributed by atoms with Crippen LogP contribution < -0.4 is 5.32 Å². The Kier molecular flexibility index (Phi) is 4.00. The number of halogens is 2. The zero-order valence-corrected chi connectivity index (χ0v) is 13.0.